The van der Waals surface area contributed by atoms with Crippen molar-refractivity contribution in [1.29, 1.82) is 0 Å². The van der Waals surface area contributed by atoms with Crippen LogP contribution in [0.25, 0.3) is 0 Å². The van der Waals surface area contributed by atoms with Gasteiger partial charge in [0, 0.05) is 26.1 Å². The third-order valence-electron chi connectivity index (χ3n) is 4.71. The third-order valence-corrected chi connectivity index (χ3v) is 5.70. The highest BCUT2D eigenvalue weighted by Crippen LogP contribution is 2.12. The molecule has 1 aromatic heterocycles. The summed E-state index contributed by atoms with van der Waals surface area (Å²) >= 11 is 1.15. The normalized spacial score (nSPS) is 13.4. The van der Waals surface area contributed by atoms with E-state index in [1.807, 2.05) is 6.07 Å². The molecule has 0 spiro atoms. The largest absolute Gasteiger partial charge is 0.480 e. The molecule has 2 amide bonds. The summed E-state index contributed by atoms with van der Waals surface area (Å²) in [5, 5.41) is 29.1. The van der Waals surface area contributed by atoms with E-state index in [1.54, 1.807) is 24.3 Å². The fourth-order valence-corrected chi connectivity index (χ4v) is 3.75. The molecule has 1 aliphatic heterocycles. The lowest BCUT2D eigenvalue weighted by molar-refractivity contribution is -0.139. The number of carboxylic acids is 1. The van der Waals surface area contributed by atoms with E-state index in [-0.39, 0.29) is 18.2 Å². The zero-order chi connectivity index (χ0) is 24.2. The number of rotatable bonds is 12. The first kappa shape index (κ1) is 24.9. The van der Waals surface area contributed by atoms with Gasteiger partial charge in [0.1, 0.15) is 17.7 Å². The number of carbonyl (C=O) groups is 3. The summed E-state index contributed by atoms with van der Waals surface area (Å²) in [7, 11) is 0. The molecule has 0 unspecified atom stereocenters. The van der Waals surface area contributed by atoms with E-state index in [9.17, 15) is 19.5 Å². The predicted octanol–water partition coefficient (Wildman–Crippen LogP) is 0.519. The molecule has 12 nitrogen and oxygen atoms in total. The van der Waals surface area contributed by atoms with E-state index < -0.39 is 24.0 Å². The molecule has 3 rings (SSSR count). The van der Waals surface area contributed by atoms with Gasteiger partial charge in [-0.2, -0.15) is 0 Å². The van der Waals surface area contributed by atoms with Gasteiger partial charge in [-0.25, -0.2) is 9.59 Å². The number of aromatic nitrogens is 2. The number of alkyl carbamates (subject to hydrolysis) is 1. The van der Waals surface area contributed by atoms with Crippen molar-refractivity contribution in [2.45, 2.75) is 31.9 Å². The van der Waals surface area contributed by atoms with Gasteiger partial charge in [0.05, 0.1) is 6.54 Å². The first-order valence-corrected chi connectivity index (χ1v) is 11.7. The highest BCUT2D eigenvalue weighted by atomic mass is 32.1. The predicted molar refractivity (Wildman–Crippen MR) is 125 cm³/mol. The molecule has 2 aromatic rings. The summed E-state index contributed by atoms with van der Waals surface area (Å²) in [5.74, 6) is -1.03. The standard InChI is InChI=1S/C21H27N7O5S/c29-17(18-28-27-16(34-18)8-4-5-9-22-20-23-10-11-24-20)25-12-15(19(30)31)26-21(32)33-13-14-6-2-1-3-7-14/h1-3,6-7,15H,4-5,8-13H2,(H,25,29)(H,26,32)(H,30,31)(H2,22,23,24)/t15-/m0/s1. The summed E-state index contributed by atoms with van der Waals surface area (Å²) in [5.41, 5.74) is 0.765. The molecule has 1 atom stereocenters. The summed E-state index contributed by atoms with van der Waals surface area (Å²) in [6.45, 7) is 2.11. The Kier molecular flexibility index (Phi) is 9.58. The number of nitrogens with zero attached hydrogens (tertiary/aromatic N) is 3. The minimum atomic E-state index is -1.36. The molecule has 1 aliphatic rings. The molecule has 182 valence electrons. The number of nitrogens with one attached hydrogen (secondary N) is 4. The lowest BCUT2D eigenvalue weighted by Gasteiger charge is -2.15. The van der Waals surface area contributed by atoms with Crippen molar-refractivity contribution in [3.8, 4) is 0 Å². The van der Waals surface area contributed by atoms with E-state index in [1.165, 1.54) is 0 Å². The van der Waals surface area contributed by atoms with Crippen molar-refractivity contribution in [2.24, 2.45) is 4.99 Å². The zero-order valence-corrected chi connectivity index (χ0v) is 19.3. The summed E-state index contributed by atoms with van der Waals surface area (Å²) < 4.78 is 5.03. The molecule has 2 heterocycles. The molecule has 13 heteroatoms. The van der Waals surface area contributed by atoms with Gasteiger partial charge in [-0.1, -0.05) is 41.7 Å². The Morgan fingerprint density at radius 1 is 1.18 bits per heavy atom. The van der Waals surface area contributed by atoms with Crippen LogP contribution >= 0.6 is 11.3 Å². The number of carbonyl (C=O) groups excluding carboxylic acids is 2. The number of unbranched alkanes of at least 4 members (excludes halogenated alkanes) is 1. The molecular weight excluding hydrogens is 462 g/mol. The maximum absolute atomic E-state index is 12.3. The van der Waals surface area contributed by atoms with Crippen molar-refractivity contribution in [3.05, 3.63) is 45.9 Å². The number of hydrogen-bond donors (Lipinski definition) is 5. The van der Waals surface area contributed by atoms with Crippen LogP contribution in [-0.4, -0.2) is 71.5 Å². The summed E-state index contributed by atoms with van der Waals surface area (Å²) in [6.07, 6.45) is 1.56. The van der Waals surface area contributed by atoms with Crippen LogP contribution in [0, 0.1) is 0 Å². The van der Waals surface area contributed by atoms with Crippen molar-refractivity contribution < 1.29 is 24.2 Å². The molecule has 0 bridgehead atoms. The van der Waals surface area contributed by atoms with Gasteiger partial charge in [0.2, 0.25) is 5.01 Å². The number of hydrogen-bond acceptors (Lipinski definition) is 10. The molecule has 0 fully saturated rings. The average molecular weight is 490 g/mol. The van der Waals surface area contributed by atoms with E-state index >= 15 is 0 Å². The SMILES string of the molecule is O=C(N[C@@H](CNC(=O)c1nnc(CCCCNC2=NCCN2)s1)C(=O)O)OCc1ccccc1. The second-order valence-corrected chi connectivity index (χ2v) is 8.41. The van der Waals surface area contributed by atoms with Gasteiger partial charge >= 0.3 is 12.1 Å². The highest BCUT2D eigenvalue weighted by Gasteiger charge is 2.23. The van der Waals surface area contributed by atoms with Crippen LogP contribution < -0.4 is 21.3 Å². The van der Waals surface area contributed by atoms with E-state index in [2.05, 4.69) is 36.5 Å². The minimum absolute atomic E-state index is 0.000631. The van der Waals surface area contributed by atoms with Crippen LogP contribution in [-0.2, 0) is 22.6 Å². The lowest BCUT2D eigenvalue weighted by atomic mass is 10.2. The Balaban J connectivity index is 1.36. The number of guanidine groups is 1. The van der Waals surface area contributed by atoms with Gasteiger partial charge in [-0.15, -0.1) is 10.2 Å². The number of carboxylic acid groups (broad SMARTS) is 1. The van der Waals surface area contributed by atoms with E-state index in [4.69, 9.17) is 4.74 Å². The quantitative estimate of drug-likeness (QED) is 0.267. The Morgan fingerprint density at radius 2 is 2.00 bits per heavy atom. The Hall–Kier alpha value is -3.74. The number of ether oxygens (including phenoxy) is 1. The van der Waals surface area contributed by atoms with Gasteiger partial charge in [0.25, 0.3) is 5.91 Å². The second-order valence-electron chi connectivity index (χ2n) is 7.35. The van der Waals surface area contributed by atoms with Crippen molar-refractivity contribution in [2.75, 3.05) is 26.2 Å². The van der Waals surface area contributed by atoms with Crippen molar-refractivity contribution in [1.82, 2.24) is 31.5 Å². The fourth-order valence-electron chi connectivity index (χ4n) is 2.95. The topological polar surface area (TPSA) is 167 Å². The van der Waals surface area contributed by atoms with E-state index in [0.29, 0.717) is 6.42 Å². The Bertz CT molecular complexity index is 998. The molecule has 0 saturated heterocycles. The molecule has 0 aliphatic carbocycles. The number of amides is 2. The zero-order valence-electron chi connectivity index (χ0n) is 18.5. The van der Waals surface area contributed by atoms with Gasteiger partial charge in [-0.3, -0.25) is 9.79 Å². The molecular formula is C21H27N7O5S. The molecule has 34 heavy (non-hydrogen) atoms. The van der Waals surface area contributed by atoms with Crippen LogP contribution in [0.3, 0.4) is 0 Å². The van der Waals surface area contributed by atoms with Crippen LogP contribution in [0.1, 0.15) is 33.2 Å². The van der Waals surface area contributed by atoms with Crippen LogP contribution in [0.15, 0.2) is 35.3 Å². The van der Waals surface area contributed by atoms with Crippen LogP contribution in [0.5, 0.6) is 0 Å². The monoisotopic (exact) mass is 489 g/mol. The molecule has 1 aromatic carbocycles. The summed E-state index contributed by atoms with van der Waals surface area (Å²) in [6, 6.07) is 7.63. The number of aryl methyl sites for hydroxylation is 1. The van der Waals surface area contributed by atoms with Crippen LogP contribution in [0.4, 0.5) is 4.79 Å². The fraction of sp³-hybridized carbons (Fsp3) is 0.429. The van der Waals surface area contributed by atoms with Gasteiger partial charge < -0.3 is 31.1 Å². The van der Waals surface area contributed by atoms with Gasteiger partial charge in [-0.05, 0) is 18.4 Å². The first-order valence-electron chi connectivity index (χ1n) is 10.8. The second kappa shape index (κ2) is 13.1. The third kappa shape index (κ3) is 8.31. The van der Waals surface area contributed by atoms with E-state index in [0.717, 1.165) is 60.3 Å². The van der Waals surface area contributed by atoms with Crippen LogP contribution in [0.2, 0.25) is 0 Å². The smallest absolute Gasteiger partial charge is 0.408 e. The summed E-state index contributed by atoms with van der Waals surface area (Å²) in [4.78, 5) is 40.0. The maximum atomic E-state index is 12.3. The highest BCUT2D eigenvalue weighted by molar-refractivity contribution is 7.13. The lowest BCUT2D eigenvalue weighted by Crippen LogP contribution is -2.48. The van der Waals surface area contributed by atoms with Crippen molar-refractivity contribution >= 4 is 35.3 Å². The minimum Gasteiger partial charge on any atom is -0.480 e. The number of aliphatic imine (C=N–C) groups is 1. The first-order chi connectivity index (χ1) is 16.5. The Morgan fingerprint density at radius 3 is 2.74 bits per heavy atom. The Labute approximate surface area is 200 Å². The number of benzene rings is 1. The molecule has 0 saturated carbocycles. The van der Waals surface area contributed by atoms with Crippen molar-refractivity contribution in [3.63, 3.8) is 0 Å². The average Bonchev–Trinajstić information content (AvgIpc) is 3.53. The maximum Gasteiger partial charge on any atom is 0.408 e. The molecule has 0 radical (unpaired) electrons. The number of aliphatic carboxylic acids is 1. The van der Waals surface area contributed by atoms with Gasteiger partial charge in [0.15, 0.2) is 5.96 Å². The molecule has 5 N–H and O–H groups in total.